The van der Waals surface area contributed by atoms with Gasteiger partial charge < -0.3 is 10.1 Å². The van der Waals surface area contributed by atoms with Crippen molar-refractivity contribution < 1.29 is 9.53 Å². The van der Waals surface area contributed by atoms with E-state index in [4.69, 9.17) is 16.3 Å². The number of hydrogen-bond donors (Lipinski definition) is 1. The number of nitrogens with one attached hydrogen (secondary N) is 1. The molecule has 0 bridgehead atoms. The number of alkyl carbamates (subject to hydrolysis) is 1. The highest BCUT2D eigenvalue weighted by Crippen LogP contribution is 2.06. The van der Waals surface area contributed by atoms with Gasteiger partial charge in [0.15, 0.2) is 0 Å². The molecular weight excluding hydrogens is 242 g/mol. The molecule has 1 aromatic heterocycles. The molecule has 0 fully saturated rings. The van der Waals surface area contributed by atoms with Crippen LogP contribution in [0.15, 0.2) is 12.4 Å². The Morgan fingerprint density at radius 2 is 2.29 bits per heavy atom. The van der Waals surface area contributed by atoms with Crippen molar-refractivity contribution in [2.75, 3.05) is 6.54 Å². The maximum atomic E-state index is 11.3. The zero-order valence-electron chi connectivity index (χ0n) is 10.4. The minimum atomic E-state index is -0.459. The van der Waals surface area contributed by atoms with Crippen molar-refractivity contribution in [2.24, 2.45) is 0 Å². The van der Waals surface area contributed by atoms with E-state index in [-0.39, 0.29) is 0 Å². The molecule has 0 saturated carbocycles. The fraction of sp³-hybridized carbons (Fsp3) is 0.636. The van der Waals surface area contributed by atoms with Gasteiger partial charge >= 0.3 is 6.09 Å². The van der Waals surface area contributed by atoms with E-state index in [1.807, 2.05) is 20.8 Å². The first kappa shape index (κ1) is 13.8. The van der Waals surface area contributed by atoms with Crippen LogP contribution in [0.2, 0.25) is 5.02 Å². The summed E-state index contributed by atoms with van der Waals surface area (Å²) in [7, 11) is 0. The normalized spacial score (nSPS) is 11.3. The van der Waals surface area contributed by atoms with Crippen LogP contribution in [0.4, 0.5) is 4.79 Å². The second kappa shape index (κ2) is 5.91. The maximum absolute atomic E-state index is 11.3. The van der Waals surface area contributed by atoms with Crippen molar-refractivity contribution in [2.45, 2.75) is 39.3 Å². The summed E-state index contributed by atoms with van der Waals surface area (Å²) in [6, 6.07) is 0. The lowest BCUT2D eigenvalue weighted by Gasteiger charge is -2.19. The highest BCUT2D eigenvalue weighted by Gasteiger charge is 2.15. The molecule has 1 aromatic rings. The smallest absolute Gasteiger partial charge is 0.407 e. The molecule has 1 amide bonds. The van der Waals surface area contributed by atoms with E-state index in [9.17, 15) is 4.79 Å². The van der Waals surface area contributed by atoms with Crippen LogP contribution in [0, 0.1) is 0 Å². The van der Waals surface area contributed by atoms with E-state index < -0.39 is 11.7 Å². The van der Waals surface area contributed by atoms with Gasteiger partial charge in [-0.05, 0) is 27.2 Å². The number of halogens is 1. The Labute approximate surface area is 106 Å². The standard InChI is InChI=1S/C11H18ClN3O2/c1-11(2,3)17-10(16)13-5-4-6-15-8-9(12)7-14-15/h7-8H,4-6H2,1-3H3,(H,13,16). The van der Waals surface area contributed by atoms with E-state index in [1.54, 1.807) is 17.1 Å². The molecule has 0 atom stereocenters. The summed E-state index contributed by atoms with van der Waals surface area (Å²) < 4.78 is 6.84. The van der Waals surface area contributed by atoms with Gasteiger partial charge in [-0.1, -0.05) is 11.6 Å². The predicted molar refractivity (Wildman–Crippen MR) is 66.1 cm³/mol. The summed E-state index contributed by atoms with van der Waals surface area (Å²) in [6.45, 7) is 6.75. The Kier molecular flexibility index (Phi) is 4.81. The van der Waals surface area contributed by atoms with Crippen LogP contribution in [-0.2, 0) is 11.3 Å². The Morgan fingerprint density at radius 3 is 2.82 bits per heavy atom. The molecule has 0 aliphatic carbocycles. The zero-order valence-corrected chi connectivity index (χ0v) is 11.1. The molecule has 6 heteroatoms. The van der Waals surface area contributed by atoms with Crippen molar-refractivity contribution >= 4 is 17.7 Å². The largest absolute Gasteiger partial charge is 0.444 e. The molecule has 1 rings (SSSR count). The lowest BCUT2D eigenvalue weighted by Crippen LogP contribution is -2.33. The SMILES string of the molecule is CC(C)(C)OC(=O)NCCCn1cc(Cl)cn1. The summed E-state index contributed by atoms with van der Waals surface area (Å²) in [5, 5.41) is 7.33. The summed E-state index contributed by atoms with van der Waals surface area (Å²) in [5.74, 6) is 0. The lowest BCUT2D eigenvalue weighted by atomic mass is 10.2. The molecule has 0 aromatic carbocycles. The Bertz CT molecular complexity index is 371. The number of amides is 1. The van der Waals surface area contributed by atoms with Crippen LogP contribution in [0.5, 0.6) is 0 Å². The van der Waals surface area contributed by atoms with Gasteiger partial charge in [0.2, 0.25) is 0 Å². The third kappa shape index (κ3) is 6.16. The number of carbonyl (C=O) groups excluding carboxylic acids is 1. The molecule has 0 saturated heterocycles. The van der Waals surface area contributed by atoms with Crippen LogP contribution in [0.1, 0.15) is 27.2 Å². The average Bonchev–Trinajstić information content (AvgIpc) is 2.56. The Hall–Kier alpha value is -1.23. The quantitative estimate of drug-likeness (QED) is 0.845. The molecule has 1 N–H and O–H groups in total. The number of hydrogen-bond acceptors (Lipinski definition) is 3. The van der Waals surface area contributed by atoms with Crippen molar-refractivity contribution in [3.63, 3.8) is 0 Å². The van der Waals surface area contributed by atoms with Gasteiger partial charge in [-0.25, -0.2) is 4.79 Å². The predicted octanol–water partition coefficient (Wildman–Crippen LogP) is 2.45. The van der Waals surface area contributed by atoms with E-state index in [1.165, 1.54) is 0 Å². The third-order valence-corrected chi connectivity index (χ3v) is 2.03. The molecule has 5 nitrogen and oxygen atoms in total. The van der Waals surface area contributed by atoms with E-state index >= 15 is 0 Å². The Morgan fingerprint density at radius 1 is 1.59 bits per heavy atom. The topological polar surface area (TPSA) is 56.1 Å². The average molecular weight is 260 g/mol. The third-order valence-electron chi connectivity index (χ3n) is 1.83. The Balaban J connectivity index is 2.14. The fourth-order valence-electron chi connectivity index (χ4n) is 1.21. The van der Waals surface area contributed by atoms with Gasteiger partial charge in [0, 0.05) is 19.3 Å². The van der Waals surface area contributed by atoms with Gasteiger partial charge in [-0.15, -0.1) is 0 Å². The summed E-state index contributed by atoms with van der Waals surface area (Å²) >= 11 is 5.72. The van der Waals surface area contributed by atoms with Gasteiger partial charge in [-0.2, -0.15) is 5.10 Å². The van der Waals surface area contributed by atoms with E-state index in [2.05, 4.69) is 10.4 Å². The van der Waals surface area contributed by atoms with Crippen LogP contribution < -0.4 is 5.32 Å². The molecule has 0 unspecified atom stereocenters. The lowest BCUT2D eigenvalue weighted by molar-refractivity contribution is 0.0526. The maximum Gasteiger partial charge on any atom is 0.407 e. The molecule has 96 valence electrons. The molecule has 1 heterocycles. The van der Waals surface area contributed by atoms with E-state index in [0.717, 1.165) is 6.42 Å². The van der Waals surface area contributed by atoms with Gasteiger partial charge in [0.05, 0.1) is 11.2 Å². The first-order chi connectivity index (χ1) is 7.87. The summed E-state index contributed by atoms with van der Waals surface area (Å²) in [4.78, 5) is 11.3. The number of ether oxygens (including phenoxy) is 1. The van der Waals surface area contributed by atoms with Gasteiger partial charge in [-0.3, -0.25) is 4.68 Å². The van der Waals surface area contributed by atoms with Crippen LogP contribution in [0.3, 0.4) is 0 Å². The number of rotatable bonds is 4. The van der Waals surface area contributed by atoms with Crippen molar-refractivity contribution in [3.05, 3.63) is 17.4 Å². The monoisotopic (exact) mass is 259 g/mol. The molecule has 0 radical (unpaired) electrons. The van der Waals surface area contributed by atoms with Gasteiger partial charge in [0.1, 0.15) is 5.60 Å². The number of aryl methyl sites for hydroxylation is 1. The second-order valence-corrected chi connectivity index (χ2v) is 5.14. The molecule has 0 spiro atoms. The number of aromatic nitrogens is 2. The summed E-state index contributed by atoms with van der Waals surface area (Å²) in [5.41, 5.74) is -0.459. The highest BCUT2D eigenvalue weighted by molar-refractivity contribution is 6.30. The first-order valence-corrected chi connectivity index (χ1v) is 5.89. The van der Waals surface area contributed by atoms with Crippen molar-refractivity contribution in [3.8, 4) is 0 Å². The van der Waals surface area contributed by atoms with Crippen LogP contribution >= 0.6 is 11.6 Å². The molecule has 0 aliphatic rings. The first-order valence-electron chi connectivity index (χ1n) is 5.51. The molecule has 0 aliphatic heterocycles. The minimum absolute atomic E-state index is 0.393. The zero-order chi connectivity index (χ0) is 12.9. The van der Waals surface area contributed by atoms with Crippen molar-refractivity contribution in [1.82, 2.24) is 15.1 Å². The van der Waals surface area contributed by atoms with Crippen LogP contribution in [-0.4, -0.2) is 28.0 Å². The van der Waals surface area contributed by atoms with Crippen LogP contribution in [0.25, 0.3) is 0 Å². The molecule has 17 heavy (non-hydrogen) atoms. The summed E-state index contributed by atoms with van der Waals surface area (Å²) in [6.07, 6.45) is 3.71. The second-order valence-electron chi connectivity index (χ2n) is 4.70. The molecular formula is C11H18ClN3O2. The van der Waals surface area contributed by atoms with E-state index in [0.29, 0.717) is 18.1 Å². The van der Waals surface area contributed by atoms with Crippen molar-refractivity contribution in [1.29, 1.82) is 0 Å². The number of carbonyl (C=O) groups is 1. The van der Waals surface area contributed by atoms with Gasteiger partial charge in [0.25, 0.3) is 0 Å². The number of nitrogens with zero attached hydrogens (tertiary/aromatic N) is 2. The fourth-order valence-corrected chi connectivity index (χ4v) is 1.36. The minimum Gasteiger partial charge on any atom is -0.444 e. The highest BCUT2D eigenvalue weighted by atomic mass is 35.5.